The molecule has 1 amide bonds. The number of methoxy groups -OCH3 is 1. The zero-order valence-electron chi connectivity index (χ0n) is 18.5. The number of aryl methyl sites for hydroxylation is 1. The molecule has 186 valence electrons. The number of nitrogens with one attached hydrogen (secondary N) is 2. The number of ether oxygens (including phenoxy) is 1. The Morgan fingerprint density at radius 3 is 2.53 bits per heavy atom. The number of hydrogen-bond donors (Lipinski definition) is 3. The van der Waals surface area contributed by atoms with Crippen LogP contribution in [-0.4, -0.2) is 54.4 Å². The third kappa shape index (κ3) is 7.12. The van der Waals surface area contributed by atoms with E-state index in [0.717, 1.165) is 17.8 Å². The van der Waals surface area contributed by atoms with E-state index < -0.39 is 12.1 Å². The van der Waals surface area contributed by atoms with Crippen molar-refractivity contribution in [2.24, 2.45) is 0 Å². The van der Waals surface area contributed by atoms with Crippen molar-refractivity contribution in [1.29, 1.82) is 0 Å². The van der Waals surface area contributed by atoms with E-state index in [-0.39, 0.29) is 18.5 Å². The first-order valence-electron chi connectivity index (χ1n) is 9.97. The predicted molar refractivity (Wildman–Crippen MR) is 124 cm³/mol. The molecule has 2 aromatic rings. The van der Waals surface area contributed by atoms with Crippen molar-refractivity contribution in [3.63, 3.8) is 0 Å². The Hall–Kier alpha value is -2.76. The van der Waals surface area contributed by atoms with Crippen LogP contribution in [0.3, 0.4) is 0 Å². The quantitative estimate of drug-likeness (QED) is 0.475. The third-order valence-corrected chi connectivity index (χ3v) is 5.15. The summed E-state index contributed by atoms with van der Waals surface area (Å²) in [5.41, 5.74) is 2.96. The van der Waals surface area contributed by atoms with E-state index in [9.17, 15) is 18.0 Å². The number of pyridine rings is 1. The number of carbonyl (C=O) groups is 2. The van der Waals surface area contributed by atoms with E-state index in [2.05, 4.69) is 22.5 Å². The molecule has 0 radical (unpaired) electrons. The Kier molecular flexibility index (Phi) is 9.37. The van der Waals surface area contributed by atoms with Crippen LogP contribution in [-0.2, 0) is 14.3 Å². The number of aliphatic carboxylic acids is 1. The summed E-state index contributed by atoms with van der Waals surface area (Å²) in [4.78, 5) is 27.8. The summed E-state index contributed by atoms with van der Waals surface area (Å²) < 4.78 is 37.0. The number of aromatic nitrogens is 1. The van der Waals surface area contributed by atoms with Crippen LogP contribution in [0.25, 0.3) is 0 Å². The SMILES string of the molecule is CCC(COC)Nc1cc(C)nc2c1NC(=O)CN2c1ccc(Cl)cc1Cl.O=C(O)C(F)(F)F. The Morgan fingerprint density at radius 1 is 1.35 bits per heavy atom. The summed E-state index contributed by atoms with van der Waals surface area (Å²) in [7, 11) is 1.67. The van der Waals surface area contributed by atoms with E-state index in [1.54, 1.807) is 25.3 Å². The fourth-order valence-electron chi connectivity index (χ4n) is 3.07. The number of anilines is 4. The fraction of sp³-hybridized carbons (Fsp3) is 0.381. The topological polar surface area (TPSA) is 104 Å². The van der Waals surface area contributed by atoms with E-state index in [0.29, 0.717) is 33.8 Å². The average molecular weight is 523 g/mol. The lowest BCUT2D eigenvalue weighted by atomic mass is 10.1. The minimum Gasteiger partial charge on any atom is -0.475 e. The smallest absolute Gasteiger partial charge is 0.475 e. The van der Waals surface area contributed by atoms with Crippen molar-refractivity contribution < 1.29 is 32.6 Å². The van der Waals surface area contributed by atoms with Gasteiger partial charge in [-0.1, -0.05) is 30.1 Å². The van der Waals surface area contributed by atoms with Gasteiger partial charge in [-0.15, -0.1) is 0 Å². The van der Waals surface area contributed by atoms with Gasteiger partial charge >= 0.3 is 12.1 Å². The van der Waals surface area contributed by atoms with Gasteiger partial charge in [0.25, 0.3) is 0 Å². The highest BCUT2D eigenvalue weighted by atomic mass is 35.5. The molecule has 13 heteroatoms. The molecule has 0 saturated carbocycles. The van der Waals surface area contributed by atoms with Crippen molar-refractivity contribution in [2.45, 2.75) is 32.5 Å². The van der Waals surface area contributed by atoms with Crippen molar-refractivity contribution in [1.82, 2.24) is 4.98 Å². The number of alkyl halides is 3. The molecule has 8 nitrogen and oxygen atoms in total. The highest BCUT2D eigenvalue weighted by Crippen LogP contribution is 2.41. The molecule has 2 heterocycles. The van der Waals surface area contributed by atoms with Crippen LogP contribution in [0.5, 0.6) is 0 Å². The number of amides is 1. The van der Waals surface area contributed by atoms with Gasteiger partial charge in [0, 0.05) is 23.9 Å². The van der Waals surface area contributed by atoms with Gasteiger partial charge in [0.2, 0.25) is 5.91 Å². The molecule has 1 aromatic carbocycles. The van der Waals surface area contributed by atoms with Gasteiger partial charge < -0.3 is 25.4 Å². The molecular formula is C21H23Cl2F3N4O4. The number of carbonyl (C=O) groups excluding carboxylic acids is 1. The molecule has 1 unspecified atom stereocenters. The van der Waals surface area contributed by atoms with Gasteiger partial charge in [-0.3, -0.25) is 4.79 Å². The normalized spacial score (nSPS) is 13.9. The molecule has 1 aliphatic rings. The summed E-state index contributed by atoms with van der Waals surface area (Å²) in [5.74, 6) is -2.25. The number of rotatable bonds is 6. The van der Waals surface area contributed by atoms with Gasteiger partial charge in [0.1, 0.15) is 12.2 Å². The second-order valence-electron chi connectivity index (χ2n) is 7.25. The first kappa shape index (κ1) is 27.5. The van der Waals surface area contributed by atoms with Gasteiger partial charge in [0.15, 0.2) is 5.82 Å². The van der Waals surface area contributed by atoms with E-state index in [4.69, 9.17) is 37.8 Å². The number of fused-ring (bicyclic) bond motifs is 1. The minimum atomic E-state index is -5.08. The lowest BCUT2D eigenvalue weighted by Crippen LogP contribution is -2.37. The molecule has 1 atom stereocenters. The van der Waals surface area contributed by atoms with Crippen molar-refractivity contribution >= 4 is 58.0 Å². The molecule has 1 aromatic heterocycles. The maximum atomic E-state index is 12.4. The molecule has 0 aliphatic carbocycles. The number of nitrogens with zero attached hydrogens (tertiary/aromatic N) is 2. The summed E-state index contributed by atoms with van der Waals surface area (Å²) >= 11 is 12.4. The Bertz CT molecular complexity index is 1050. The van der Waals surface area contributed by atoms with Crippen LogP contribution < -0.4 is 15.5 Å². The van der Waals surface area contributed by atoms with E-state index in [1.807, 2.05) is 17.9 Å². The number of carboxylic acids is 1. The first-order chi connectivity index (χ1) is 15.9. The summed E-state index contributed by atoms with van der Waals surface area (Å²) in [6, 6.07) is 7.24. The molecular weight excluding hydrogens is 500 g/mol. The number of benzene rings is 1. The van der Waals surface area contributed by atoms with Crippen molar-refractivity contribution in [2.75, 3.05) is 35.8 Å². The van der Waals surface area contributed by atoms with Crippen molar-refractivity contribution in [3.8, 4) is 0 Å². The second kappa shape index (κ2) is 11.6. The minimum absolute atomic E-state index is 0.118. The summed E-state index contributed by atoms with van der Waals surface area (Å²) in [6.07, 6.45) is -4.20. The molecule has 34 heavy (non-hydrogen) atoms. The highest BCUT2D eigenvalue weighted by molar-refractivity contribution is 6.36. The van der Waals surface area contributed by atoms with Gasteiger partial charge in [-0.05, 0) is 37.6 Å². The molecule has 0 fully saturated rings. The number of hydrogen-bond acceptors (Lipinski definition) is 6. The zero-order chi connectivity index (χ0) is 25.6. The van der Waals surface area contributed by atoms with Crippen LogP contribution in [0.4, 0.5) is 36.1 Å². The Balaban J connectivity index is 0.000000509. The molecule has 0 spiro atoms. The van der Waals surface area contributed by atoms with Gasteiger partial charge in [0.05, 0.1) is 23.0 Å². The van der Waals surface area contributed by atoms with E-state index in [1.165, 1.54) is 0 Å². The monoisotopic (exact) mass is 522 g/mol. The van der Waals surface area contributed by atoms with Crippen LogP contribution in [0.2, 0.25) is 10.0 Å². The predicted octanol–water partition coefficient (Wildman–Crippen LogP) is 5.26. The van der Waals surface area contributed by atoms with Gasteiger partial charge in [-0.2, -0.15) is 13.2 Å². The van der Waals surface area contributed by atoms with Crippen LogP contribution in [0, 0.1) is 6.92 Å². The Labute approximate surface area is 204 Å². The zero-order valence-corrected chi connectivity index (χ0v) is 20.0. The van der Waals surface area contributed by atoms with Crippen LogP contribution in [0.15, 0.2) is 24.3 Å². The number of halogens is 5. The maximum Gasteiger partial charge on any atom is 0.490 e. The average Bonchev–Trinajstić information content (AvgIpc) is 2.73. The summed E-state index contributed by atoms with van der Waals surface area (Å²) in [6.45, 7) is 4.68. The van der Waals surface area contributed by atoms with Crippen LogP contribution in [0.1, 0.15) is 19.0 Å². The van der Waals surface area contributed by atoms with Crippen LogP contribution >= 0.6 is 23.2 Å². The lowest BCUT2D eigenvalue weighted by molar-refractivity contribution is -0.192. The van der Waals surface area contributed by atoms with Gasteiger partial charge in [-0.25, -0.2) is 9.78 Å². The third-order valence-electron chi connectivity index (χ3n) is 4.61. The van der Waals surface area contributed by atoms with Crippen molar-refractivity contribution in [3.05, 3.63) is 40.0 Å². The standard InChI is InChI=1S/C19H22Cl2N4O2.C2HF3O2/c1-4-13(10-27-3)23-15-7-11(2)22-19-18(15)24-17(26)9-25(19)16-6-5-12(20)8-14(16)21;3-2(4,5)1(6)7/h5-8,13H,4,9-10H2,1-3H3,(H,22,23)(H,24,26);(H,6,7). The first-order valence-corrected chi connectivity index (χ1v) is 10.7. The maximum absolute atomic E-state index is 12.4. The van der Waals surface area contributed by atoms with E-state index >= 15 is 0 Å². The molecule has 1 aliphatic heterocycles. The lowest BCUT2D eigenvalue weighted by Gasteiger charge is -2.32. The summed E-state index contributed by atoms with van der Waals surface area (Å²) in [5, 5.41) is 14.5. The largest absolute Gasteiger partial charge is 0.490 e. The molecule has 0 saturated heterocycles. The number of carboxylic acid groups (broad SMARTS) is 1. The second-order valence-corrected chi connectivity index (χ2v) is 8.09. The highest BCUT2D eigenvalue weighted by Gasteiger charge is 2.38. The fourth-order valence-corrected chi connectivity index (χ4v) is 3.58. The molecule has 3 N–H and O–H groups in total. The Morgan fingerprint density at radius 2 is 2.00 bits per heavy atom. The molecule has 0 bridgehead atoms. The molecule has 3 rings (SSSR count).